The summed E-state index contributed by atoms with van der Waals surface area (Å²) in [5.74, 6) is 0.363. The highest BCUT2D eigenvalue weighted by Gasteiger charge is 2.50. The van der Waals surface area contributed by atoms with Crippen molar-refractivity contribution >= 4 is 17.7 Å². The van der Waals surface area contributed by atoms with E-state index in [2.05, 4.69) is 15.5 Å². The van der Waals surface area contributed by atoms with Crippen LogP contribution in [0, 0.1) is 20.8 Å². The Balaban J connectivity index is 1.61. The first-order valence-electron chi connectivity index (χ1n) is 9.44. The zero-order valence-corrected chi connectivity index (χ0v) is 17.1. The lowest BCUT2D eigenvalue weighted by Gasteiger charge is -2.20. The van der Waals surface area contributed by atoms with Crippen LogP contribution >= 0.6 is 0 Å². The third-order valence-corrected chi connectivity index (χ3v) is 5.33. The van der Waals surface area contributed by atoms with Gasteiger partial charge in [0.2, 0.25) is 0 Å². The molecule has 9 nitrogen and oxygen atoms in total. The molecule has 154 valence electrons. The molecular formula is C21H21N5O4. The molecule has 0 aliphatic carbocycles. The molecule has 3 aromatic rings. The van der Waals surface area contributed by atoms with Gasteiger partial charge >= 0.3 is 6.03 Å². The zero-order chi connectivity index (χ0) is 21.6. The molecular weight excluding hydrogens is 386 g/mol. The van der Waals surface area contributed by atoms with E-state index >= 15 is 0 Å². The summed E-state index contributed by atoms with van der Waals surface area (Å²) in [6.07, 6.45) is 1.55. The second kappa shape index (κ2) is 6.94. The quantitative estimate of drug-likeness (QED) is 0.514. The van der Waals surface area contributed by atoms with Crippen LogP contribution in [0.3, 0.4) is 0 Å². The minimum Gasteiger partial charge on any atom is -0.360 e. The number of ketones is 1. The molecule has 1 aliphatic heterocycles. The largest absolute Gasteiger partial charge is 0.360 e. The van der Waals surface area contributed by atoms with Gasteiger partial charge < -0.3 is 9.84 Å². The number of imide groups is 1. The van der Waals surface area contributed by atoms with Crippen molar-refractivity contribution in [1.29, 1.82) is 0 Å². The molecule has 1 fully saturated rings. The maximum atomic E-state index is 13.0. The lowest BCUT2D eigenvalue weighted by molar-refractivity contribution is -0.130. The number of hydrogen-bond donors (Lipinski definition) is 1. The average molecular weight is 407 g/mol. The van der Waals surface area contributed by atoms with E-state index in [0.717, 1.165) is 10.6 Å². The maximum absolute atomic E-state index is 13.0. The van der Waals surface area contributed by atoms with Gasteiger partial charge in [0.05, 0.1) is 12.2 Å². The summed E-state index contributed by atoms with van der Waals surface area (Å²) in [5, 5.41) is 6.66. The van der Waals surface area contributed by atoms with Crippen molar-refractivity contribution in [2.24, 2.45) is 0 Å². The van der Waals surface area contributed by atoms with Gasteiger partial charge in [-0.2, -0.15) is 0 Å². The summed E-state index contributed by atoms with van der Waals surface area (Å²) < 4.78 is 6.93. The van der Waals surface area contributed by atoms with E-state index in [1.165, 1.54) is 0 Å². The summed E-state index contributed by atoms with van der Waals surface area (Å²) >= 11 is 0. The number of aromatic nitrogens is 3. The second-order valence-electron chi connectivity index (χ2n) is 7.50. The van der Waals surface area contributed by atoms with Gasteiger partial charge in [0.25, 0.3) is 5.91 Å². The Morgan fingerprint density at radius 1 is 1.20 bits per heavy atom. The fourth-order valence-corrected chi connectivity index (χ4v) is 3.76. The third kappa shape index (κ3) is 2.99. The fraction of sp³-hybridized carbons (Fsp3) is 0.286. The Bertz CT molecular complexity index is 1160. The van der Waals surface area contributed by atoms with Crippen molar-refractivity contribution in [3.8, 4) is 5.82 Å². The van der Waals surface area contributed by atoms with Crippen molar-refractivity contribution in [1.82, 2.24) is 24.9 Å². The monoisotopic (exact) mass is 407 g/mol. The van der Waals surface area contributed by atoms with Gasteiger partial charge in [-0.3, -0.25) is 24.0 Å². The lowest BCUT2D eigenvalue weighted by atomic mass is 9.97. The molecule has 1 N–H and O–H groups in total. The highest BCUT2D eigenvalue weighted by atomic mass is 16.5. The van der Waals surface area contributed by atoms with Crippen LogP contribution in [0.25, 0.3) is 5.82 Å². The van der Waals surface area contributed by atoms with Gasteiger partial charge in [-0.05, 0) is 45.9 Å². The van der Waals surface area contributed by atoms with E-state index in [1.807, 2.05) is 6.92 Å². The minimum absolute atomic E-state index is 0.344. The number of hydrogen-bond acceptors (Lipinski definition) is 6. The standard InChI is InChI=1S/C21H21N5O4/c1-12-9-15(14(3)26(12)18-10-13(2)30-24-18)16(27)11-25-19(28)21(4,23-20(25)29)17-7-5-6-8-22-17/h5-10H,11H2,1-4H3,(H,23,29). The van der Waals surface area contributed by atoms with Crippen molar-refractivity contribution in [3.05, 3.63) is 64.9 Å². The third-order valence-electron chi connectivity index (χ3n) is 5.33. The molecule has 0 saturated carbocycles. The predicted octanol–water partition coefficient (Wildman–Crippen LogP) is 2.44. The first kappa shape index (κ1) is 19.6. The molecule has 9 heteroatoms. The van der Waals surface area contributed by atoms with Gasteiger partial charge in [0, 0.05) is 29.2 Å². The van der Waals surface area contributed by atoms with E-state index in [0.29, 0.717) is 28.5 Å². The van der Waals surface area contributed by atoms with Crippen molar-refractivity contribution in [2.75, 3.05) is 6.54 Å². The second-order valence-corrected chi connectivity index (χ2v) is 7.50. The van der Waals surface area contributed by atoms with Crippen LogP contribution in [0.15, 0.2) is 41.1 Å². The van der Waals surface area contributed by atoms with Crippen LogP contribution in [0.1, 0.15) is 40.1 Å². The minimum atomic E-state index is -1.31. The average Bonchev–Trinajstić information content (AvgIpc) is 3.33. The number of urea groups is 1. The Hall–Kier alpha value is -3.75. The van der Waals surface area contributed by atoms with E-state index in [4.69, 9.17) is 4.52 Å². The van der Waals surface area contributed by atoms with Crippen molar-refractivity contribution in [3.63, 3.8) is 0 Å². The van der Waals surface area contributed by atoms with E-state index in [9.17, 15) is 14.4 Å². The number of amides is 3. The molecule has 30 heavy (non-hydrogen) atoms. The summed E-state index contributed by atoms with van der Waals surface area (Å²) in [5.41, 5.74) is 0.969. The molecule has 0 bridgehead atoms. The highest BCUT2D eigenvalue weighted by molar-refractivity contribution is 6.11. The number of nitrogens with one attached hydrogen (secondary N) is 1. The van der Waals surface area contributed by atoms with Crippen LogP contribution in [-0.2, 0) is 10.3 Å². The van der Waals surface area contributed by atoms with Gasteiger partial charge in [-0.25, -0.2) is 4.79 Å². The normalized spacial score (nSPS) is 18.7. The van der Waals surface area contributed by atoms with Gasteiger partial charge in [0.1, 0.15) is 5.76 Å². The maximum Gasteiger partial charge on any atom is 0.325 e. The number of carbonyl (C=O) groups excluding carboxylic acids is 3. The predicted molar refractivity (Wildman–Crippen MR) is 106 cm³/mol. The Kier molecular flexibility index (Phi) is 4.53. The molecule has 4 heterocycles. The molecule has 1 atom stereocenters. The Morgan fingerprint density at radius 2 is 1.97 bits per heavy atom. The van der Waals surface area contributed by atoms with Gasteiger partial charge in [0.15, 0.2) is 17.1 Å². The summed E-state index contributed by atoms with van der Waals surface area (Å²) in [6.45, 7) is 6.63. The van der Waals surface area contributed by atoms with Crippen LogP contribution in [0.5, 0.6) is 0 Å². The first-order valence-corrected chi connectivity index (χ1v) is 9.44. The van der Waals surface area contributed by atoms with Crippen LogP contribution < -0.4 is 5.32 Å². The molecule has 1 aliphatic rings. The molecule has 0 radical (unpaired) electrons. The molecule has 0 spiro atoms. The lowest BCUT2D eigenvalue weighted by Crippen LogP contribution is -2.42. The number of rotatable bonds is 5. The molecule has 3 amide bonds. The SMILES string of the molecule is Cc1cc(-n2c(C)cc(C(=O)CN3C(=O)NC(C)(c4ccccn4)C3=O)c2C)no1. The topological polar surface area (TPSA) is 110 Å². The molecule has 3 aromatic heterocycles. The fourth-order valence-electron chi connectivity index (χ4n) is 3.76. The molecule has 1 unspecified atom stereocenters. The number of nitrogens with zero attached hydrogens (tertiary/aromatic N) is 4. The number of Topliss-reactive ketones (excluding diaryl/α,β-unsaturated/α-hetero) is 1. The number of pyridine rings is 1. The van der Waals surface area contributed by atoms with Gasteiger partial charge in [-0.1, -0.05) is 11.2 Å². The molecule has 4 rings (SSSR count). The molecule has 0 aromatic carbocycles. The Labute approximate surface area is 172 Å². The summed E-state index contributed by atoms with van der Waals surface area (Å²) in [7, 11) is 0. The number of aryl methyl sites for hydroxylation is 2. The van der Waals surface area contributed by atoms with Crippen LogP contribution in [0.4, 0.5) is 4.79 Å². The highest BCUT2D eigenvalue weighted by Crippen LogP contribution is 2.28. The van der Waals surface area contributed by atoms with Crippen LogP contribution in [0.2, 0.25) is 0 Å². The van der Waals surface area contributed by atoms with E-state index in [1.54, 1.807) is 61.9 Å². The van der Waals surface area contributed by atoms with E-state index < -0.39 is 17.5 Å². The molecule has 1 saturated heterocycles. The van der Waals surface area contributed by atoms with Gasteiger partial charge in [-0.15, -0.1) is 0 Å². The smallest absolute Gasteiger partial charge is 0.325 e. The first-order chi connectivity index (χ1) is 14.2. The summed E-state index contributed by atoms with van der Waals surface area (Å²) in [4.78, 5) is 43.7. The van der Waals surface area contributed by atoms with Crippen molar-refractivity contribution < 1.29 is 18.9 Å². The zero-order valence-electron chi connectivity index (χ0n) is 17.1. The van der Waals surface area contributed by atoms with Crippen LogP contribution in [-0.4, -0.2) is 43.9 Å². The Morgan fingerprint density at radius 3 is 2.60 bits per heavy atom. The van der Waals surface area contributed by atoms with Crippen molar-refractivity contribution in [2.45, 2.75) is 33.2 Å². The number of carbonyl (C=O) groups is 3. The summed E-state index contributed by atoms with van der Waals surface area (Å²) in [6, 6.07) is 7.99. The van der Waals surface area contributed by atoms with E-state index in [-0.39, 0.29) is 12.3 Å².